The van der Waals surface area contributed by atoms with Gasteiger partial charge in [0, 0.05) is 18.8 Å². The largest absolute Gasteiger partial charge is 0.398 e. The topological polar surface area (TPSA) is 46.3 Å². The second-order valence-electron chi connectivity index (χ2n) is 6.05. The molecule has 1 saturated heterocycles. The summed E-state index contributed by atoms with van der Waals surface area (Å²) in [5.41, 5.74) is 7.20. The number of amides is 1. The Balaban J connectivity index is 1.76. The van der Waals surface area contributed by atoms with Gasteiger partial charge in [-0.25, -0.2) is 0 Å². The number of carbonyl (C=O) groups is 1. The van der Waals surface area contributed by atoms with E-state index in [2.05, 4.69) is 15.9 Å². The number of rotatable bonds is 1. The first-order valence-corrected chi connectivity index (χ1v) is 8.29. The smallest absolute Gasteiger partial charge is 0.255 e. The van der Waals surface area contributed by atoms with Gasteiger partial charge >= 0.3 is 0 Å². The molecule has 3 nitrogen and oxygen atoms in total. The van der Waals surface area contributed by atoms with Gasteiger partial charge < -0.3 is 10.6 Å². The molecule has 4 heteroatoms. The van der Waals surface area contributed by atoms with Crippen molar-refractivity contribution in [3.05, 3.63) is 28.2 Å². The third kappa shape index (κ3) is 2.58. The zero-order valence-electron chi connectivity index (χ0n) is 11.6. The van der Waals surface area contributed by atoms with E-state index in [0.29, 0.717) is 17.2 Å². The Kier molecular flexibility index (Phi) is 4.01. The van der Waals surface area contributed by atoms with Crippen LogP contribution in [0.25, 0.3) is 0 Å². The first-order valence-electron chi connectivity index (χ1n) is 7.50. The third-order valence-electron chi connectivity index (χ3n) is 4.84. The van der Waals surface area contributed by atoms with Crippen LogP contribution >= 0.6 is 15.9 Å². The van der Waals surface area contributed by atoms with Crippen LogP contribution in [0.4, 0.5) is 5.69 Å². The number of benzene rings is 1. The lowest BCUT2D eigenvalue weighted by atomic mass is 9.75. The normalized spacial score (nSPS) is 26.1. The minimum absolute atomic E-state index is 0.119. The molecule has 2 N–H and O–H groups in total. The lowest BCUT2D eigenvalue weighted by molar-refractivity contribution is 0.0520. The highest BCUT2D eigenvalue weighted by atomic mass is 79.9. The molecule has 1 aliphatic heterocycles. The molecular weight excluding hydrogens is 316 g/mol. The predicted octanol–water partition coefficient (Wildman–Crippen LogP) is 3.68. The molecule has 1 aromatic rings. The van der Waals surface area contributed by atoms with Crippen molar-refractivity contribution in [3.63, 3.8) is 0 Å². The Morgan fingerprint density at radius 2 is 1.95 bits per heavy atom. The quantitative estimate of drug-likeness (QED) is 0.795. The summed E-state index contributed by atoms with van der Waals surface area (Å²) in [5.74, 6) is 1.67. The number of carbonyl (C=O) groups excluding carboxylic acids is 1. The van der Waals surface area contributed by atoms with Gasteiger partial charge in [0.1, 0.15) is 0 Å². The van der Waals surface area contributed by atoms with Crippen molar-refractivity contribution in [1.29, 1.82) is 0 Å². The molecule has 0 spiro atoms. The van der Waals surface area contributed by atoms with Crippen LogP contribution in [-0.2, 0) is 0 Å². The maximum atomic E-state index is 12.7. The van der Waals surface area contributed by atoms with Crippen molar-refractivity contribution in [2.45, 2.75) is 32.1 Å². The Morgan fingerprint density at radius 1 is 1.20 bits per heavy atom. The lowest BCUT2D eigenvalue weighted by Crippen LogP contribution is -2.44. The highest BCUT2D eigenvalue weighted by Gasteiger charge is 2.33. The average molecular weight is 337 g/mol. The second-order valence-corrected chi connectivity index (χ2v) is 6.85. The van der Waals surface area contributed by atoms with Crippen LogP contribution in [0.3, 0.4) is 0 Å². The second kappa shape index (κ2) is 5.76. The van der Waals surface area contributed by atoms with E-state index < -0.39 is 0 Å². The summed E-state index contributed by atoms with van der Waals surface area (Å²) < 4.78 is 0.732. The summed E-state index contributed by atoms with van der Waals surface area (Å²) in [6.45, 7) is 1.81. The SMILES string of the molecule is Nc1cccc(C(=O)N2CCC3CCCCC3C2)c1Br. The summed E-state index contributed by atoms with van der Waals surface area (Å²) in [6, 6.07) is 5.52. The molecule has 108 valence electrons. The highest BCUT2D eigenvalue weighted by Crippen LogP contribution is 2.37. The van der Waals surface area contributed by atoms with Crippen LogP contribution in [0.1, 0.15) is 42.5 Å². The van der Waals surface area contributed by atoms with Crippen LogP contribution in [0.5, 0.6) is 0 Å². The Labute approximate surface area is 128 Å². The summed E-state index contributed by atoms with van der Waals surface area (Å²) in [4.78, 5) is 14.7. The molecular formula is C16H21BrN2O. The Hall–Kier alpha value is -1.03. The maximum absolute atomic E-state index is 12.7. The van der Waals surface area contributed by atoms with Gasteiger partial charge in [0.15, 0.2) is 0 Å². The molecule has 2 fully saturated rings. The number of likely N-dealkylation sites (tertiary alicyclic amines) is 1. The molecule has 20 heavy (non-hydrogen) atoms. The van der Waals surface area contributed by atoms with E-state index in [1.54, 1.807) is 0 Å². The van der Waals surface area contributed by atoms with Gasteiger partial charge in [-0.1, -0.05) is 25.3 Å². The van der Waals surface area contributed by atoms with E-state index in [1.807, 2.05) is 23.1 Å². The van der Waals surface area contributed by atoms with Gasteiger partial charge in [-0.2, -0.15) is 0 Å². The maximum Gasteiger partial charge on any atom is 0.255 e. The highest BCUT2D eigenvalue weighted by molar-refractivity contribution is 9.10. The number of anilines is 1. The molecule has 1 heterocycles. The van der Waals surface area contributed by atoms with E-state index >= 15 is 0 Å². The zero-order chi connectivity index (χ0) is 14.1. The van der Waals surface area contributed by atoms with Crippen molar-refractivity contribution >= 4 is 27.5 Å². The number of halogens is 1. The fourth-order valence-electron chi connectivity index (χ4n) is 3.67. The first kappa shape index (κ1) is 13.9. The van der Waals surface area contributed by atoms with E-state index in [1.165, 1.54) is 25.7 Å². The predicted molar refractivity (Wildman–Crippen MR) is 84.5 cm³/mol. The van der Waals surface area contributed by atoms with Gasteiger partial charge in [0.05, 0.1) is 10.0 Å². The molecule has 1 saturated carbocycles. The fraction of sp³-hybridized carbons (Fsp3) is 0.562. The molecule has 0 bridgehead atoms. The van der Waals surface area contributed by atoms with Crippen LogP contribution in [0, 0.1) is 11.8 Å². The third-order valence-corrected chi connectivity index (χ3v) is 5.72. The number of nitrogen functional groups attached to an aromatic ring is 1. The van der Waals surface area contributed by atoms with E-state index in [9.17, 15) is 4.79 Å². The molecule has 3 rings (SSSR count). The first-order chi connectivity index (χ1) is 9.66. The number of nitrogens with zero attached hydrogens (tertiary/aromatic N) is 1. The number of hydrogen-bond donors (Lipinski definition) is 1. The van der Waals surface area contributed by atoms with Gasteiger partial charge in [-0.3, -0.25) is 4.79 Å². The molecule has 1 aliphatic carbocycles. The molecule has 2 aliphatic rings. The minimum Gasteiger partial charge on any atom is -0.398 e. The number of piperidine rings is 1. The zero-order valence-corrected chi connectivity index (χ0v) is 13.2. The summed E-state index contributed by atoms with van der Waals surface area (Å²) in [7, 11) is 0. The lowest BCUT2D eigenvalue weighted by Gasteiger charge is -2.41. The molecule has 2 atom stereocenters. The number of hydrogen-bond acceptors (Lipinski definition) is 2. The standard InChI is InChI=1S/C16H21BrN2O/c17-15-13(6-3-7-14(15)18)16(20)19-9-8-11-4-1-2-5-12(11)10-19/h3,6-7,11-12H,1-2,4-5,8-10,18H2. The van der Waals surface area contributed by atoms with Gasteiger partial charge in [-0.05, 0) is 52.7 Å². The van der Waals surface area contributed by atoms with E-state index in [-0.39, 0.29) is 5.91 Å². The summed E-state index contributed by atoms with van der Waals surface area (Å²) >= 11 is 3.44. The van der Waals surface area contributed by atoms with Crippen LogP contribution < -0.4 is 5.73 Å². The van der Waals surface area contributed by atoms with Crippen molar-refractivity contribution in [2.24, 2.45) is 11.8 Å². The summed E-state index contributed by atoms with van der Waals surface area (Å²) in [5, 5.41) is 0. The average Bonchev–Trinajstić information content (AvgIpc) is 2.49. The fourth-order valence-corrected chi connectivity index (χ4v) is 4.10. The van der Waals surface area contributed by atoms with Crippen molar-refractivity contribution in [3.8, 4) is 0 Å². The molecule has 2 unspecified atom stereocenters. The summed E-state index contributed by atoms with van der Waals surface area (Å²) in [6.07, 6.45) is 6.50. The Bertz CT molecular complexity index is 517. The van der Waals surface area contributed by atoms with Crippen LogP contribution in [-0.4, -0.2) is 23.9 Å². The Morgan fingerprint density at radius 3 is 2.75 bits per heavy atom. The molecule has 0 aromatic heterocycles. The van der Waals surface area contributed by atoms with Gasteiger partial charge in [-0.15, -0.1) is 0 Å². The van der Waals surface area contributed by atoms with Crippen molar-refractivity contribution in [1.82, 2.24) is 4.90 Å². The van der Waals surface area contributed by atoms with E-state index in [4.69, 9.17) is 5.73 Å². The molecule has 1 amide bonds. The number of nitrogens with two attached hydrogens (primary N) is 1. The van der Waals surface area contributed by atoms with Crippen molar-refractivity contribution in [2.75, 3.05) is 18.8 Å². The van der Waals surface area contributed by atoms with Crippen LogP contribution in [0.15, 0.2) is 22.7 Å². The van der Waals surface area contributed by atoms with Crippen LogP contribution in [0.2, 0.25) is 0 Å². The van der Waals surface area contributed by atoms with Crippen molar-refractivity contribution < 1.29 is 4.79 Å². The molecule has 1 aromatic carbocycles. The monoisotopic (exact) mass is 336 g/mol. The van der Waals surface area contributed by atoms with Gasteiger partial charge in [0.25, 0.3) is 5.91 Å². The van der Waals surface area contributed by atoms with Gasteiger partial charge in [0.2, 0.25) is 0 Å². The minimum atomic E-state index is 0.119. The number of fused-ring (bicyclic) bond motifs is 1. The molecule has 0 radical (unpaired) electrons. The van der Waals surface area contributed by atoms with E-state index in [0.717, 1.165) is 29.9 Å².